The third kappa shape index (κ3) is 3.96. The molecule has 1 aromatic carbocycles. The SMILES string of the molecule is COc1cc(-c2cnn3cc(-c4cnn(C)c4)cnc23)cc(OC)c1C(=O)NCC(F)F. The zero-order valence-electron chi connectivity index (χ0n) is 17.5. The summed E-state index contributed by atoms with van der Waals surface area (Å²) in [5, 5.41) is 10.7. The van der Waals surface area contributed by atoms with Gasteiger partial charge in [0.15, 0.2) is 5.65 Å². The van der Waals surface area contributed by atoms with E-state index in [0.717, 1.165) is 11.1 Å². The number of nitrogens with one attached hydrogen (secondary N) is 1. The van der Waals surface area contributed by atoms with E-state index in [0.29, 0.717) is 16.8 Å². The molecule has 1 amide bonds. The molecule has 0 atom stereocenters. The summed E-state index contributed by atoms with van der Waals surface area (Å²) in [4.78, 5) is 17.0. The number of fused-ring (bicyclic) bond motifs is 1. The number of carbonyl (C=O) groups is 1. The molecule has 0 spiro atoms. The van der Waals surface area contributed by atoms with Gasteiger partial charge in [-0.3, -0.25) is 9.48 Å². The molecule has 9 nitrogen and oxygen atoms in total. The highest BCUT2D eigenvalue weighted by Crippen LogP contribution is 2.36. The molecule has 0 saturated carbocycles. The topological polar surface area (TPSA) is 95.6 Å². The average Bonchev–Trinajstić information content (AvgIpc) is 3.42. The van der Waals surface area contributed by atoms with Crippen molar-refractivity contribution in [3.05, 3.63) is 48.7 Å². The molecule has 0 saturated heterocycles. The lowest BCUT2D eigenvalue weighted by Crippen LogP contribution is -2.29. The predicted molar refractivity (Wildman–Crippen MR) is 112 cm³/mol. The molecule has 32 heavy (non-hydrogen) atoms. The number of methoxy groups -OCH3 is 2. The molecule has 0 unspecified atom stereocenters. The zero-order chi connectivity index (χ0) is 22.8. The number of hydrogen-bond donors (Lipinski definition) is 1. The van der Waals surface area contributed by atoms with Crippen LogP contribution in [-0.2, 0) is 7.05 Å². The van der Waals surface area contributed by atoms with Crippen LogP contribution in [-0.4, -0.2) is 57.5 Å². The Bertz CT molecular complexity index is 1260. The lowest BCUT2D eigenvalue weighted by molar-refractivity contribution is 0.0885. The Labute approximate surface area is 181 Å². The normalized spacial score (nSPS) is 11.2. The summed E-state index contributed by atoms with van der Waals surface area (Å²) in [5.41, 5.74) is 3.68. The summed E-state index contributed by atoms with van der Waals surface area (Å²) in [6.07, 6.45) is 6.14. The first-order valence-electron chi connectivity index (χ1n) is 9.56. The first-order valence-corrected chi connectivity index (χ1v) is 9.56. The molecular formula is C21H20F2N6O3. The fourth-order valence-electron chi connectivity index (χ4n) is 3.35. The summed E-state index contributed by atoms with van der Waals surface area (Å²) in [5.74, 6) is -0.362. The molecule has 3 heterocycles. The van der Waals surface area contributed by atoms with Crippen molar-refractivity contribution in [2.24, 2.45) is 7.05 Å². The Morgan fingerprint density at radius 3 is 2.31 bits per heavy atom. The largest absolute Gasteiger partial charge is 0.496 e. The highest BCUT2D eigenvalue weighted by molar-refractivity contribution is 6.01. The standard InChI is InChI=1S/C21H20F2N6O3/c1-28-10-14(7-26-28)13-6-24-20-15(8-27-29(20)11-13)12-4-16(31-2)19(17(5-12)32-3)21(30)25-9-18(22)23/h4-8,10-11,18H,9H2,1-3H3,(H,25,30). The molecule has 0 aliphatic heterocycles. The lowest BCUT2D eigenvalue weighted by Gasteiger charge is -2.15. The van der Waals surface area contributed by atoms with Crippen molar-refractivity contribution in [3.63, 3.8) is 0 Å². The van der Waals surface area contributed by atoms with Crippen LogP contribution in [0, 0.1) is 0 Å². The minimum absolute atomic E-state index is 0.0303. The van der Waals surface area contributed by atoms with Crippen LogP contribution in [0.4, 0.5) is 8.78 Å². The number of carbonyl (C=O) groups excluding carboxylic acids is 1. The Hall–Kier alpha value is -4.02. The van der Waals surface area contributed by atoms with Crippen LogP contribution in [0.25, 0.3) is 27.9 Å². The van der Waals surface area contributed by atoms with Gasteiger partial charge in [-0.25, -0.2) is 18.3 Å². The van der Waals surface area contributed by atoms with Gasteiger partial charge in [-0.2, -0.15) is 10.2 Å². The van der Waals surface area contributed by atoms with Crippen molar-refractivity contribution < 1.29 is 23.0 Å². The van der Waals surface area contributed by atoms with Gasteiger partial charge in [0.05, 0.1) is 33.2 Å². The second kappa shape index (κ2) is 8.61. The summed E-state index contributed by atoms with van der Waals surface area (Å²) >= 11 is 0. The van der Waals surface area contributed by atoms with Gasteiger partial charge >= 0.3 is 0 Å². The average molecular weight is 442 g/mol. The van der Waals surface area contributed by atoms with Crippen LogP contribution in [0.2, 0.25) is 0 Å². The number of amides is 1. The predicted octanol–water partition coefficient (Wildman–Crippen LogP) is 2.81. The number of hydrogen-bond acceptors (Lipinski definition) is 6. The maximum atomic E-state index is 12.5. The van der Waals surface area contributed by atoms with Crippen LogP contribution in [0.5, 0.6) is 11.5 Å². The minimum Gasteiger partial charge on any atom is -0.496 e. The van der Waals surface area contributed by atoms with E-state index in [1.807, 2.05) is 19.4 Å². The number of ether oxygens (including phenoxy) is 2. The second-order valence-corrected chi connectivity index (χ2v) is 6.93. The van der Waals surface area contributed by atoms with Crippen molar-refractivity contribution in [2.45, 2.75) is 6.43 Å². The number of nitrogens with zero attached hydrogens (tertiary/aromatic N) is 5. The van der Waals surface area contributed by atoms with E-state index in [2.05, 4.69) is 20.5 Å². The van der Waals surface area contributed by atoms with Crippen molar-refractivity contribution in [2.75, 3.05) is 20.8 Å². The van der Waals surface area contributed by atoms with E-state index in [4.69, 9.17) is 9.47 Å². The molecule has 0 aliphatic carbocycles. The van der Waals surface area contributed by atoms with Crippen molar-refractivity contribution in [1.29, 1.82) is 0 Å². The molecule has 11 heteroatoms. The van der Waals surface area contributed by atoms with Crippen LogP contribution >= 0.6 is 0 Å². The highest BCUT2D eigenvalue weighted by Gasteiger charge is 2.22. The Kier molecular flexibility index (Phi) is 5.71. The number of benzene rings is 1. The molecule has 4 rings (SSSR count). The lowest BCUT2D eigenvalue weighted by atomic mass is 10.0. The monoisotopic (exact) mass is 442 g/mol. The summed E-state index contributed by atoms with van der Waals surface area (Å²) in [7, 11) is 4.60. The first kappa shape index (κ1) is 21.2. The van der Waals surface area contributed by atoms with E-state index in [9.17, 15) is 13.6 Å². The zero-order valence-corrected chi connectivity index (χ0v) is 17.5. The molecule has 166 valence electrons. The van der Waals surface area contributed by atoms with Crippen molar-refractivity contribution in [1.82, 2.24) is 29.7 Å². The van der Waals surface area contributed by atoms with Crippen LogP contribution in [0.15, 0.2) is 43.1 Å². The van der Waals surface area contributed by atoms with E-state index < -0.39 is 18.9 Å². The maximum Gasteiger partial charge on any atom is 0.259 e. The number of aryl methyl sites for hydroxylation is 1. The molecule has 0 aliphatic rings. The summed E-state index contributed by atoms with van der Waals surface area (Å²) < 4.78 is 39.1. The third-order valence-electron chi connectivity index (χ3n) is 4.86. The minimum atomic E-state index is -2.67. The van der Waals surface area contributed by atoms with Crippen molar-refractivity contribution in [3.8, 4) is 33.8 Å². The van der Waals surface area contributed by atoms with Gasteiger partial charge < -0.3 is 14.8 Å². The van der Waals surface area contributed by atoms with E-state index in [1.165, 1.54) is 14.2 Å². The fraction of sp³-hybridized carbons (Fsp3) is 0.238. The molecule has 4 aromatic rings. The van der Waals surface area contributed by atoms with Gasteiger partial charge in [-0.1, -0.05) is 0 Å². The van der Waals surface area contributed by atoms with Crippen LogP contribution < -0.4 is 14.8 Å². The fourth-order valence-corrected chi connectivity index (χ4v) is 3.35. The summed E-state index contributed by atoms with van der Waals surface area (Å²) in [6.45, 7) is -0.774. The smallest absolute Gasteiger partial charge is 0.259 e. The quantitative estimate of drug-likeness (QED) is 0.473. The van der Waals surface area contributed by atoms with Crippen LogP contribution in [0.1, 0.15) is 10.4 Å². The third-order valence-corrected chi connectivity index (χ3v) is 4.86. The Morgan fingerprint density at radius 2 is 1.72 bits per heavy atom. The number of alkyl halides is 2. The highest BCUT2D eigenvalue weighted by atomic mass is 19.3. The van der Waals surface area contributed by atoms with Crippen LogP contribution in [0.3, 0.4) is 0 Å². The molecule has 1 N–H and O–H groups in total. The van der Waals surface area contributed by atoms with Gasteiger partial charge in [0.2, 0.25) is 0 Å². The van der Waals surface area contributed by atoms with Gasteiger partial charge in [0, 0.05) is 42.3 Å². The number of aromatic nitrogens is 5. The van der Waals surface area contributed by atoms with Gasteiger partial charge in [-0.15, -0.1) is 0 Å². The second-order valence-electron chi connectivity index (χ2n) is 6.93. The number of halogens is 2. The van der Waals surface area contributed by atoms with E-state index >= 15 is 0 Å². The summed E-state index contributed by atoms with van der Waals surface area (Å²) in [6, 6.07) is 3.24. The maximum absolute atomic E-state index is 12.5. The molecule has 3 aromatic heterocycles. The molecular weight excluding hydrogens is 422 g/mol. The van der Waals surface area contributed by atoms with Gasteiger partial charge in [0.1, 0.15) is 17.1 Å². The van der Waals surface area contributed by atoms with E-state index in [-0.39, 0.29) is 17.1 Å². The number of rotatable bonds is 7. The molecule has 0 fully saturated rings. The van der Waals surface area contributed by atoms with E-state index in [1.54, 1.807) is 39.9 Å². The van der Waals surface area contributed by atoms with Gasteiger partial charge in [-0.05, 0) is 17.7 Å². The first-order chi connectivity index (χ1) is 15.4. The molecule has 0 bridgehead atoms. The Morgan fingerprint density at radius 1 is 1.03 bits per heavy atom. The molecule has 0 radical (unpaired) electrons. The van der Waals surface area contributed by atoms with Gasteiger partial charge in [0.25, 0.3) is 12.3 Å². The van der Waals surface area contributed by atoms with Crippen molar-refractivity contribution >= 4 is 11.6 Å². The Balaban J connectivity index is 1.75.